The topological polar surface area (TPSA) is 87.5 Å². The van der Waals surface area contributed by atoms with Crippen molar-refractivity contribution in [3.8, 4) is 0 Å². The molecule has 0 aliphatic rings. The fraction of sp³-hybridized carbons (Fsp3) is 0.500. The van der Waals surface area contributed by atoms with Crippen LogP contribution in [0.4, 0.5) is 0 Å². The molecule has 0 bridgehead atoms. The molecule has 1 rings (SSSR count). The van der Waals surface area contributed by atoms with Crippen LogP contribution in [-0.4, -0.2) is 38.5 Å². The monoisotopic (exact) mass is 275 g/mol. The molecule has 0 saturated carbocycles. The van der Waals surface area contributed by atoms with E-state index in [1.807, 2.05) is 0 Å². The minimum atomic E-state index is -1.11. The van der Waals surface area contributed by atoms with Crippen LogP contribution in [0.3, 0.4) is 0 Å². The van der Waals surface area contributed by atoms with Gasteiger partial charge in [-0.25, -0.2) is 4.98 Å². The predicted octanol–water partition coefficient (Wildman–Crippen LogP) is 1.02. The zero-order chi connectivity index (χ0) is 12.8. The van der Waals surface area contributed by atoms with Crippen molar-refractivity contribution in [2.24, 2.45) is 0 Å². The molecular weight excluding hydrogens is 262 g/mol. The lowest BCUT2D eigenvalue weighted by atomic mass is 10.1. The van der Waals surface area contributed by atoms with Crippen LogP contribution in [0.15, 0.2) is 5.38 Å². The first-order chi connectivity index (χ1) is 8.04. The molecule has 1 aromatic rings. The number of rotatable bonds is 6. The van der Waals surface area contributed by atoms with Gasteiger partial charge in [-0.3, -0.25) is 9.59 Å². The molecule has 7 heteroatoms. The molecular formula is C10H13NO4S2. The van der Waals surface area contributed by atoms with Crippen molar-refractivity contribution in [2.45, 2.75) is 25.6 Å². The lowest BCUT2D eigenvalue weighted by molar-refractivity contribution is -0.109. The summed E-state index contributed by atoms with van der Waals surface area (Å²) in [5, 5.41) is 21.2. The average molecular weight is 275 g/mol. The smallest absolute Gasteiger partial charge is 0.185 e. The molecule has 17 heavy (non-hydrogen) atoms. The van der Waals surface area contributed by atoms with Gasteiger partial charge < -0.3 is 10.2 Å². The largest absolute Gasteiger partial charge is 0.390 e. The molecule has 2 atom stereocenters. The van der Waals surface area contributed by atoms with E-state index in [0.717, 1.165) is 23.1 Å². The molecule has 94 valence electrons. The Bertz CT molecular complexity index is 393. The van der Waals surface area contributed by atoms with Crippen LogP contribution >= 0.6 is 23.1 Å². The Morgan fingerprint density at radius 3 is 2.88 bits per heavy atom. The van der Waals surface area contributed by atoms with E-state index >= 15 is 0 Å². The summed E-state index contributed by atoms with van der Waals surface area (Å²) < 4.78 is 0. The lowest BCUT2D eigenvalue weighted by Gasteiger charge is -2.14. The Hall–Kier alpha value is -0.760. The first-order valence-corrected chi connectivity index (χ1v) is 6.81. The molecule has 0 saturated heterocycles. The fourth-order valence-corrected chi connectivity index (χ4v) is 2.59. The molecule has 0 spiro atoms. The summed E-state index contributed by atoms with van der Waals surface area (Å²) in [6.07, 6.45) is -1.21. The SMILES string of the molecule is CC(=O)SCCC(O)C(O)c1nc(C=O)cs1. The van der Waals surface area contributed by atoms with Crippen molar-refractivity contribution in [3.05, 3.63) is 16.1 Å². The highest BCUT2D eigenvalue weighted by Gasteiger charge is 2.21. The van der Waals surface area contributed by atoms with Gasteiger partial charge in [0, 0.05) is 18.1 Å². The highest BCUT2D eigenvalue weighted by atomic mass is 32.2. The van der Waals surface area contributed by atoms with Crippen LogP contribution in [0, 0.1) is 0 Å². The minimum absolute atomic E-state index is 0.0239. The number of thiazole rings is 1. The summed E-state index contributed by atoms with van der Waals surface area (Å²) in [7, 11) is 0. The second-order valence-electron chi connectivity index (χ2n) is 3.37. The Morgan fingerprint density at radius 2 is 2.35 bits per heavy atom. The predicted molar refractivity (Wildman–Crippen MR) is 66.2 cm³/mol. The Morgan fingerprint density at radius 1 is 1.65 bits per heavy atom. The van der Waals surface area contributed by atoms with Gasteiger partial charge in [-0.1, -0.05) is 11.8 Å². The number of aliphatic hydroxyl groups is 2. The molecule has 0 aliphatic carbocycles. The summed E-state index contributed by atoms with van der Waals surface area (Å²) in [4.78, 5) is 25.0. The van der Waals surface area contributed by atoms with E-state index in [2.05, 4.69) is 4.98 Å². The number of hydrogen-bond acceptors (Lipinski definition) is 7. The molecule has 1 aromatic heterocycles. The minimum Gasteiger partial charge on any atom is -0.390 e. The molecule has 0 aliphatic heterocycles. The Kier molecular flexibility index (Phi) is 5.76. The molecule has 1 heterocycles. The summed E-state index contributed by atoms with van der Waals surface area (Å²) >= 11 is 2.22. The molecule has 5 nitrogen and oxygen atoms in total. The van der Waals surface area contributed by atoms with Crippen molar-refractivity contribution >= 4 is 34.5 Å². The number of aldehydes is 1. The van der Waals surface area contributed by atoms with E-state index in [1.54, 1.807) is 0 Å². The number of nitrogens with zero attached hydrogens (tertiary/aromatic N) is 1. The second-order valence-corrected chi connectivity index (χ2v) is 5.53. The zero-order valence-corrected chi connectivity index (χ0v) is 10.8. The Balaban J connectivity index is 2.48. The van der Waals surface area contributed by atoms with Crippen LogP contribution in [-0.2, 0) is 4.79 Å². The van der Waals surface area contributed by atoms with Gasteiger partial charge in [0.05, 0.1) is 6.10 Å². The van der Waals surface area contributed by atoms with Crippen molar-refractivity contribution in [2.75, 3.05) is 5.75 Å². The van der Waals surface area contributed by atoms with Gasteiger partial charge in [0.2, 0.25) is 0 Å². The second kappa shape index (κ2) is 6.85. The van der Waals surface area contributed by atoms with Gasteiger partial charge in [-0.15, -0.1) is 11.3 Å². The van der Waals surface area contributed by atoms with Crippen molar-refractivity contribution in [3.63, 3.8) is 0 Å². The third kappa shape index (κ3) is 4.55. The van der Waals surface area contributed by atoms with Gasteiger partial charge in [0.25, 0.3) is 0 Å². The molecule has 2 N–H and O–H groups in total. The third-order valence-electron chi connectivity index (χ3n) is 2.00. The number of aliphatic hydroxyl groups excluding tert-OH is 2. The van der Waals surface area contributed by atoms with Crippen molar-refractivity contribution in [1.29, 1.82) is 0 Å². The van der Waals surface area contributed by atoms with Crippen LogP contribution in [0.5, 0.6) is 0 Å². The molecule has 0 fully saturated rings. The van der Waals surface area contributed by atoms with Crippen LogP contribution in [0.25, 0.3) is 0 Å². The quantitative estimate of drug-likeness (QED) is 0.754. The van der Waals surface area contributed by atoms with Gasteiger partial charge >= 0.3 is 0 Å². The number of carbonyl (C=O) groups is 2. The molecule has 0 radical (unpaired) electrons. The van der Waals surface area contributed by atoms with Gasteiger partial charge in [0.15, 0.2) is 11.4 Å². The van der Waals surface area contributed by atoms with Crippen LogP contribution < -0.4 is 0 Å². The van der Waals surface area contributed by atoms with Crippen LogP contribution in [0.1, 0.15) is 34.9 Å². The standard InChI is InChI=1S/C10H13NO4S2/c1-6(13)16-3-2-8(14)9(15)10-11-7(4-12)5-17-10/h4-5,8-9,14-15H,2-3H2,1H3. The molecule has 0 amide bonds. The summed E-state index contributed by atoms with van der Waals surface area (Å²) in [5.74, 6) is 0.444. The van der Waals surface area contributed by atoms with Gasteiger partial charge in [-0.05, 0) is 6.42 Å². The van der Waals surface area contributed by atoms with Gasteiger partial charge in [-0.2, -0.15) is 0 Å². The fourth-order valence-electron chi connectivity index (χ4n) is 1.14. The number of aromatic nitrogens is 1. The average Bonchev–Trinajstić information content (AvgIpc) is 2.75. The lowest BCUT2D eigenvalue weighted by Crippen LogP contribution is -2.19. The maximum Gasteiger partial charge on any atom is 0.185 e. The maximum atomic E-state index is 10.7. The number of carbonyl (C=O) groups excluding carboxylic acids is 2. The summed E-state index contributed by atoms with van der Waals surface area (Å²) in [6, 6.07) is 0. The summed E-state index contributed by atoms with van der Waals surface area (Å²) in [5.41, 5.74) is 0.245. The van der Waals surface area contributed by atoms with E-state index in [4.69, 9.17) is 0 Å². The molecule has 2 unspecified atom stereocenters. The maximum absolute atomic E-state index is 10.7. The first kappa shape index (κ1) is 14.3. The van der Waals surface area contributed by atoms with Crippen molar-refractivity contribution in [1.82, 2.24) is 4.98 Å². The Labute approximate surface area is 107 Å². The van der Waals surface area contributed by atoms with E-state index < -0.39 is 12.2 Å². The number of thioether (sulfide) groups is 1. The van der Waals surface area contributed by atoms with Crippen molar-refractivity contribution < 1.29 is 19.8 Å². The van der Waals surface area contributed by atoms with E-state index in [0.29, 0.717) is 23.5 Å². The van der Waals surface area contributed by atoms with E-state index in [1.165, 1.54) is 12.3 Å². The first-order valence-electron chi connectivity index (χ1n) is 4.94. The van der Waals surface area contributed by atoms with E-state index in [9.17, 15) is 19.8 Å². The normalized spacial score (nSPS) is 14.3. The highest BCUT2D eigenvalue weighted by molar-refractivity contribution is 8.13. The van der Waals surface area contributed by atoms with Gasteiger partial charge in [0.1, 0.15) is 16.8 Å². The van der Waals surface area contributed by atoms with E-state index in [-0.39, 0.29) is 10.8 Å². The highest BCUT2D eigenvalue weighted by Crippen LogP contribution is 2.23. The third-order valence-corrected chi connectivity index (χ3v) is 3.78. The number of hydrogen-bond donors (Lipinski definition) is 2. The summed E-state index contributed by atoms with van der Waals surface area (Å²) in [6.45, 7) is 1.45. The zero-order valence-electron chi connectivity index (χ0n) is 9.20. The van der Waals surface area contributed by atoms with Crippen LogP contribution in [0.2, 0.25) is 0 Å². The molecule has 0 aromatic carbocycles.